The Labute approximate surface area is 219 Å². The van der Waals surface area contributed by atoms with Crippen LogP contribution in [-0.2, 0) is 6.42 Å². The summed E-state index contributed by atoms with van der Waals surface area (Å²) < 4.78 is 7.60. The van der Waals surface area contributed by atoms with E-state index in [4.69, 9.17) is 4.74 Å². The minimum Gasteiger partial charge on any atom is -0.474 e. The molecule has 0 spiro atoms. The quantitative estimate of drug-likeness (QED) is 0.219. The third-order valence-corrected chi connectivity index (χ3v) is 6.07. The molecule has 11 heteroatoms. The number of benzene rings is 1. The Balaban J connectivity index is 0.00000272. The predicted molar refractivity (Wildman–Crippen MR) is 146 cm³/mol. The van der Waals surface area contributed by atoms with Crippen molar-refractivity contribution in [3.8, 4) is 5.88 Å². The molecule has 0 aliphatic heterocycles. The summed E-state index contributed by atoms with van der Waals surface area (Å²) in [6, 6.07) is 10.7. The van der Waals surface area contributed by atoms with Crippen LogP contribution >= 0.6 is 52.1 Å². The molecular formula is C22H30BrCl2N5O2S. The van der Waals surface area contributed by atoms with E-state index in [0.717, 1.165) is 12.1 Å². The number of rotatable bonds is 10. The molecule has 3 rings (SSSR count). The van der Waals surface area contributed by atoms with Crippen molar-refractivity contribution in [2.45, 2.75) is 45.8 Å². The summed E-state index contributed by atoms with van der Waals surface area (Å²) in [4.78, 5) is 9.72. The zero-order valence-corrected chi connectivity index (χ0v) is 23.0. The van der Waals surface area contributed by atoms with Crippen LogP contribution < -0.4 is 15.5 Å². The predicted octanol–water partition coefficient (Wildman–Crippen LogP) is 5.46. The van der Waals surface area contributed by atoms with Crippen molar-refractivity contribution in [1.29, 1.82) is 0 Å². The van der Waals surface area contributed by atoms with Crippen LogP contribution in [0.25, 0.3) is 10.1 Å². The molecule has 0 fully saturated rings. The lowest BCUT2D eigenvalue weighted by Gasteiger charge is -2.27. The molecule has 0 saturated carbocycles. The third kappa shape index (κ3) is 9.35. The first-order valence-corrected chi connectivity index (χ1v) is 11.7. The van der Waals surface area contributed by atoms with Gasteiger partial charge in [-0.25, -0.2) is 10.4 Å². The van der Waals surface area contributed by atoms with Gasteiger partial charge in [0.05, 0.1) is 10.7 Å². The molecule has 0 aliphatic carbocycles. The smallest absolute Gasteiger partial charge is 0.246 e. The molecule has 1 unspecified atom stereocenters. The lowest BCUT2D eigenvalue weighted by molar-refractivity contribution is 0.0962. The second-order valence-electron chi connectivity index (χ2n) is 8.17. The van der Waals surface area contributed by atoms with Crippen molar-refractivity contribution in [2.24, 2.45) is 5.10 Å². The maximum Gasteiger partial charge on any atom is 0.246 e. The van der Waals surface area contributed by atoms with E-state index in [1.54, 1.807) is 6.20 Å². The van der Waals surface area contributed by atoms with Crippen molar-refractivity contribution >= 4 is 73.8 Å². The van der Waals surface area contributed by atoms with E-state index < -0.39 is 6.10 Å². The summed E-state index contributed by atoms with van der Waals surface area (Å²) >= 11 is 5.19. The monoisotopic (exact) mass is 577 g/mol. The van der Waals surface area contributed by atoms with Gasteiger partial charge in [-0.05, 0) is 67.6 Å². The molecule has 7 nitrogen and oxygen atoms in total. The van der Waals surface area contributed by atoms with Crippen LogP contribution in [0.3, 0.4) is 0 Å². The number of β-amino-alcohol motifs (C(OH)–C–C–N with tert-alkyl or cyclic N) is 1. The van der Waals surface area contributed by atoms with Gasteiger partial charge in [0.15, 0.2) is 0 Å². The second-order valence-corrected chi connectivity index (χ2v) is 10.2. The molecule has 3 N–H and O–H groups in total. The summed E-state index contributed by atoms with van der Waals surface area (Å²) in [5.41, 5.74) is 3.46. The van der Waals surface area contributed by atoms with Crippen molar-refractivity contribution in [3.05, 3.63) is 45.9 Å². The van der Waals surface area contributed by atoms with Crippen molar-refractivity contribution in [3.63, 3.8) is 0 Å². The van der Waals surface area contributed by atoms with Gasteiger partial charge in [-0.3, -0.25) is 0 Å². The van der Waals surface area contributed by atoms with Crippen molar-refractivity contribution in [1.82, 2.24) is 15.3 Å². The fourth-order valence-electron chi connectivity index (χ4n) is 2.92. The molecule has 33 heavy (non-hydrogen) atoms. The maximum absolute atomic E-state index is 10.4. The van der Waals surface area contributed by atoms with E-state index in [-0.39, 0.29) is 37.0 Å². The molecule has 1 aromatic carbocycles. The van der Waals surface area contributed by atoms with Crippen molar-refractivity contribution < 1.29 is 9.84 Å². The first-order valence-electron chi connectivity index (χ1n) is 10.0. The van der Waals surface area contributed by atoms with Crippen LogP contribution in [0.1, 0.15) is 32.6 Å². The first kappa shape index (κ1) is 29.5. The summed E-state index contributed by atoms with van der Waals surface area (Å²) in [6.07, 6.45) is 1.78. The molecule has 0 amide bonds. The van der Waals surface area contributed by atoms with Gasteiger partial charge < -0.3 is 15.2 Å². The number of thiophene rings is 1. The van der Waals surface area contributed by atoms with Gasteiger partial charge in [-0.15, -0.1) is 36.2 Å². The number of nitrogens with zero attached hydrogens (tertiary/aromatic N) is 3. The number of hydrogen-bond donors (Lipinski definition) is 3. The number of anilines is 1. The van der Waals surface area contributed by atoms with Gasteiger partial charge in [-0.1, -0.05) is 18.2 Å². The largest absolute Gasteiger partial charge is 0.474 e. The number of halogens is 3. The number of ether oxygens (including phenoxy) is 1. The summed E-state index contributed by atoms with van der Waals surface area (Å²) in [5, 5.41) is 19.2. The Morgan fingerprint density at radius 3 is 2.70 bits per heavy atom. The topological polar surface area (TPSA) is 91.7 Å². The van der Waals surface area contributed by atoms with Crippen LogP contribution in [0.15, 0.2) is 46.1 Å². The minimum atomic E-state index is -0.684. The average Bonchev–Trinajstić information content (AvgIpc) is 3.12. The highest BCUT2D eigenvalue weighted by atomic mass is 79.9. The number of fused-ring (bicyclic) bond motifs is 1. The fourth-order valence-corrected chi connectivity index (χ4v) is 4.52. The number of aromatic nitrogens is 2. The Bertz CT molecular complexity index is 1030. The highest BCUT2D eigenvalue weighted by Crippen LogP contribution is 2.28. The highest BCUT2D eigenvalue weighted by molar-refractivity contribution is 9.10. The summed E-state index contributed by atoms with van der Waals surface area (Å²) in [6.45, 7) is 8.53. The Kier molecular flexibility index (Phi) is 12.0. The van der Waals surface area contributed by atoms with E-state index in [9.17, 15) is 5.11 Å². The van der Waals surface area contributed by atoms with Crippen LogP contribution in [-0.4, -0.2) is 45.6 Å². The molecule has 2 heterocycles. The number of aliphatic hydroxyl groups is 1. The molecular weight excluding hydrogens is 549 g/mol. The Morgan fingerprint density at radius 1 is 1.27 bits per heavy atom. The van der Waals surface area contributed by atoms with Crippen LogP contribution in [0.2, 0.25) is 0 Å². The van der Waals surface area contributed by atoms with E-state index in [0.29, 0.717) is 22.8 Å². The average molecular weight is 579 g/mol. The van der Waals surface area contributed by atoms with Gasteiger partial charge in [0.25, 0.3) is 0 Å². The molecule has 2 aromatic heterocycles. The summed E-state index contributed by atoms with van der Waals surface area (Å²) in [7, 11) is 0. The Hall–Kier alpha value is -1.49. The van der Waals surface area contributed by atoms with Crippen LogP contribution in [0.5, 0.6) is 5.88 Å². The van der Waals surface area contributed by atoms with Gasteiger partial charge in [-0.2, -0.15) is 10.1 Å². The van der Waals surface area contributed by atoms with Crippen LogP contribution in [0.4, 0.5) is 5.95 Å². The molecule has 3 aromatic rings. The SMILES string of the molecule is CC(C)=NNc1ncc(Br)c(OCC(O)CNC(C)(C)Cc2cc3ccccc3s2)n1.Cl.Cl. The van der Waals surface area contributed by atoms with Gasteiger partial charge >= 0.3 is 0 Å². The number of aliphatic hydroxyl groups excluding tert-OH is 1. The Morgan fingerprint density at radius 2 is 2.00 bits per heavy atom. The van der Waals surface area contributed by atoms with E-state index >= 15 is 0 Å². The van der Waals surface area contributed by atoms with Gasteiger partial charge in [0, 0.05) is 27.4 Å². The maximum atomic E-state index is 10.4. The molecule has 0 radical (unpaired) electrons. The minimum absolute atomic E-state index is 0. The molecule has 0 aliphatic rings. The molecule has 1 atom stereocenters. The molecule has 0 bridgehead atoms. The van der Waals surface area contributed by atoms with Gasteiger partial charge in [0.2, 0.25) is 11.8 Å². The molecule has 182 valence electrons. The van der Waals surface area contributed by atoms with Crippen molar-refractivity contribution in [2.75, 3.05) is 18.6 Å². The molecule has 0 saturated heterocycles. The number of hydrazone groups is 1. The van der Waals surface area contributed by atoms with E-state index in [1.807, 2.05) is 25.2 Å². The van der Waals surface area contributed by atoms with Crippen LogP contribution in [0, 0.1) is 0 Å². The fraction of sp³-hybridized carbons (Fsp3) is 0.409. The summed E-state index contributed by atoms with van der Waals surface area (Å²) in [5.74, 6) is 0.682. The zero-order valence-electron chi connectivity index (χ0n) is 19.0. The zero-order chi connectivity index (χ0) is 22.4. The highest BCUT2D eigenvalue weighted by Gasteiger charge is 2.21. The first-order chi connectivity index (χ1) is 14.7. The number of hydrogen-bond acceptors (Lipinski definition) is 8. The van der Waals surface area contributed by atoms with E-state index in [2.05, 4.69) is 85.9 Å². The number of nitrogens with one attached hydrogen (secondary N) is 2. The van der Waals surface area contributed by atoms with E-state index in [1.165, 1.54) is 15.0 Å². The second kappa shape index (κ2) is 13.4. The third-order valence-electron chi connectivity index (χ3n) is 4.41. The lowest BCUT2D eigenvalue weighted by Crippen LogP contribution is -2.46. The van der Waals surface area contributed by atoms with Gasteiger partial charge in [0.1, 0.15) is 12.7 Å². The standard InChI is InChI=1S/C22H28BrN5O2S.2ClH/c1-14(2)27-28-21-24-12-18(23)20(26-21)30-13-16(29)11-25-22(3,4)10-17-9-15-7-5-6-8-19(15)31-17;;/h5-9,12,16,25,29H,10-11,13H2,1-4H3,(H,24,26,28);2*1H. The normalized spacial score (nSPS) is 11.8. The lowest BCUT2D eigenvalue weighted by atomic mass is 9.99.